The summed E-state index contributed by atoms with van der Waals surface area (Å²) in [6.45, 7) is 11.3. The Morgan fingerprint density at radius 1 is 1.18 bits per heavy atom. The summed E-state index contributed by atoms with van der Waals surface area (Å²) in [5, 5.41) is 4.11. The van der Waals surface area contributed by atoms with E-state index < -0.39 is 0 Å². The van der Waals surface area contributed by atoms with Crippen LogP contribution in [-0.4, -0.2) is 65.3 Å². The molecule has 1 amide bonds. The lowest BCUT2D eigenvalue weighted by Crippen LogP contribution is -2.43. The van der Waals surface area contributed by atoms with Gasteiger partial charge in [-0.05, 0) is 63.3 Å². The molecule has 0 radical (unpaired) electrons. The van der Waals surface area contributed by atoms with Gasteiger partial charge in [-0.25, -0.2) is 9.97 Å². The zero-order valence-electron chi connectivity index (χ0n) is 19.8. The standard InChI is InChI=1S/C25H32ClN5O2/c1-15-6-7-20(10-22(15)26)31(18(4)32)9-5-8-30-13-19-11-27-12-21(19)24(30)25(33)23-16(2)28-14-29-17(23)3/h6-7,10,14,19,21,24,27H,5,8-9,11-13H2,1-4H3. The number of aryl methyl sites for hydroxylation is 3. The number of carbonyl (C=O) groups is 2. The summed E-state index contributed by atoms with van der Waals surface area (Å²) in [5.74, 6) is 0.855. The molecule has 0 spiro atoms. The van der Waals surface area contributed by atoms with E-state index in [1.54, 1.807) is 11.8 Å². The number of Topliss-reactive ketones (excluding diaryl/α,β-unsaturated/α-hetero) is 1. The number of fused-ring (bicyclic) bond motifs is 1. The number of likely N-dealkylation sites (tertiary alicyclic amines) is 1. The number of aromatic nitrogens is 2. The fraction of sp³-hybridized carbons (Fsp3) is 0.520. The number of halogens is 1. The Hall–Kier alpha value is -2.35. The van der Waals surface area contributed by atoms with Crippen molar-refractivity contribution >= 4 is 29.0 Å². The van der Waals surface area contributed by atoms with Crippen molar-refractivity contribution < 1.29 is 9.59 Å². The Morgan fingerprint density at radius 3 is 2.58 bits per heavy atom. The zero-order valence-corrected chi connectivity index (χ0v) is 20.5. The molecule has 8 heteroatoms. The van der Waals surface area contributed by atoms with Crippen LogP contribution in [0.4, 0.5) is 5.69 Å². The quantitative estimate of drug-likeness (QED) is 0.627. The summed E-state index contributed by atoms with van der Waals surface area (Å²) in [6.07, 6.45) is 2.28. The minimum atomic E-state index is -0.187. The van der Waals surface area contributed by atoms with Crippen LogP contribution < -0.4 is 10.2 Å². The van der Waals surface area contributed by atoms with Crippen LogP contribution in [0.1, 0.15) is 40.7 Å². The van der Waals surface area contributed by atoms with Gasteiger partial charge >= 0.3 is 0 Å². The maximum Gasteiger partial charge on any atom is 0.223 e. The van der Waals surface area contributed by atoms with Crippen LogP contribution in [0.15, 0.2) is 24.5 Å². The van der Waals surface area contributed by atoms with Crippen LogP contribution in [-0.2, 0) is 4.79 Å². The van der Waals surface area contributed by atoms with E-state index in [-0.39, 0.29) is 23.7 Å². The lowest BCUT2D eigenvalue weighted by molar-refractivity contribution is -0.116. The van der Waals surface area contributed by atoms with Gasteiger partial charge in [0.1, 0.15) is 6.33 Å². The predicted molar refractivity (Wildman–Crippen MR) is 130 cm³/mol. The van der Waals surface area contributed by atoms with Gasteiger partial charge in [-0.15, -0.1) is 0 Å². The number of ketones is 1. The first-order valence-corrected chi connectivity index (χ1v) is 12.0. The van der Waals surface area contributed by atoms with Crippen molar-refractivity contribution in [1.82, 2.24) is 20.2 Å². The van der Waals surface area contributed by atoms with Crippen molar-refractivity contribution in [3.63, 3.8) is 0 Å². The van der Waals surface area contributed by atoms with Gasteiger partial charge in [0.15, 0.2) is 5.78 Å². The number of nitrogens with one attached hydrogen (secondary N) is 1. The molecule has 176 valence electrons. The van der Waals surface area contributed by atoms with Gasteiger partial charge in [-0.2, -0.15) is 0 Å². The Kier molecular flexibility index (Phi) is 7.12. The SMILES string of the molecule is CC(=O)N(CCCN1CC2CNCC2C1C(=O)c1c(C)ncnc1C)c1ccc(C)c(Cl)c1. The van der Waals surface area contributed by atoms with Crippen LogP contribution in [0.3, 0.4) is 0 Å². The van der Waals surface area contributed by atoms with Gasteiger partial charge in [0.2, 0.25) is 5.91 Å². The zero-order chi connectivity index (χ0) is 23.7. The molecule has 1 aromatic carbocycles. The average molecular weight is 470 g/mol. The smallest absolute Gasteiger partial charge is 0.223 e. The van der Waals surface area contributed by atoms with E-state index in [1.165, 1.54) is 6.33 Å². The summed E-state index contributed by atoms with van der Waals surface area (Å²) >= 11 is 6.29. The fourth-order valence-corrected chi connectivity index (χ4v) is 5.52. The number of amides is 1. The van der Waals surface area contributed by atoms with E-state index in [0.717, 1.165) is 55.2 Å². The number of benzene rings is 1. The van der Waals surface area contributed by atoms with Gasteiger partial charge in [-0.3, -0.25) is 14.5 Å². The second-order valence-corrected chi connectivity index (χ2v) is 9.67. The minimum Gasteiger partial charge on any atom is -0.316 e. The van der Waals surface area contributed by atoms with E-state index in [4.69, 9.17) is 11.6 Å². The highest BCUT2D eigenvalue weighted by Gasteiger charge is 2.48. The largest absolute Gasteiger partial charge is 0.316 e. The topological polar surface area (TPSA) is 78.4 Å². The monoisotopic (exact) mass is 469 g/mol. The number of hydrogen-bond acceptors (Lipinski definition) is 6. The highest BCUT2D eigenvalue weighted by molar-refractivity contribution is 6.31. The molecular weight excluding hydrogens is 438 g/mol. The van der Waals surface area contributed by atoms with Crippen LogP contribution in [0.2, 0.25) is 5.02 Å². The second kappa shape index (κ2) is 9.87. The van der Waals surface area contributed by atoms with Gasteiger partial charge in [0.05, 0.1) is 23.0 Å². The first-order chi connectivity index (χ1) is 15.8. The Balaban J connectivity index is 1.49. The lowest BCUT2D eigenvalue weighted by Gasteiger charge is -2.29. The molecule has 2 aliphatic rings. The first-order valence-electron chi connectivity index (χ1n) is 11.6. The van der Waals surface area contributed by atoms with Crippen molar-refractivity contribution in [2.24, 2.45) is 11.8 Å². The average Bonchev–Trinajstić information content (AvgIpc) is 3.33. The van der Waals surface area contributed by atoms with Crippen molar-refractivity contribution in [3.8, 4) is 0 Å². The van der Waals surface area contributed by atoms with Gasteiger partial charge in [0.25, 0.3) is 0 Å². The predicted octanol–water partition coefficient (Wildman–Crippen LogP) is 3.20. The maximum absolute atomic E-state index is 13.7. The third kappa shape index (κ3) is 4.81. The molecule has 2 aliphatic heterocycles. The summed E-state index contributed by atoms with van der Waals surface area (Å²) in [7, 11) is 0. The molecule has 2 fully saturated rings. The molecule has 3 atom stereocenters. The Bertz CT molecular complexity index is 1040. The molecule has 0 aliphatic carbocycles. The molecule has 1 N–H and O–H groups in total. The van der Waals surface area contributed by atoms with Gasteiger partial charge in [-0.1, -0.05) is 17.7 Å². The van der Waals surface area contributed by atoms with Crippen LogP contribution in [0, 0.1) is 32.6 Å². The van der Waals surface area contributed by atoms with Crippen LogP contribution >= 0.6 is 11.6 Å². The number of anilines is 1. The van der Waals surface area contributed by atoms with Crippen LogP contribution in [0.25, 0.3) is 0 Å². The summed E-state index contributed by atoms with van der Waals surface area (Å²) < 4.78 is 0. The molecule has 1 aromatic heterocycles. The van der Waals surface area contributed by atoms with Gasteiger partial charge < -0.3 is 10.2 Å². The molecular formula is C25H32ClN5O2. The van der Waals surface area contributed by atoms with Crippen molar-refractivity contribution in [2.45, 2.75) is 40.2 Å². The molecule has 3 heterocycles. The second-order valence-electron chi connectivity index (χ2n) is 9.26. The van der Waals surface area contributed by atoms with Gasteiger partial charge in [0, 0.05) is 43.8 Å². The van der Waals surface area contributed by atoms with E-state index in [2.05, 4.69) is 20.2 Å². The lowest BCUT2D eigenvalue weighted by atomic mass is 9.88. The molecule has 2 aromatic rings. The molecule has 4 rings (SSSR count). The molecule has 3 unspecified atom stereocenters. The van der Waals surface area contributed by atoms with E-state index in [0.29, 0.717) is 23.0 Å². The maximum atomic E-state index is 13.7. The summed E-state index contributed by atoms with van der Waals surface area (Å²) in [4.78, 5) is 38.7. The molecule has 0 saturated carbocycles. The fourth-order valence-electron chi connectivity index (χ4n) is 5.35. The normalized spacial score (nSPS) is 22.4. The highest BCUT2D eigenvalue weighted by Crippen LogP contribution is 2.35. The molecule has 2 saturated heterocycles. The first kappa shape index (κ1) is 23.8. The van der Waals surface area contributed by atoms with E-state index in [1.807, 2.05) is 39.0 Å². The Morgan fingerprint density at radius 2 is 1.91 bits per heavy atom. The highest BCUT2D eigenvalue weighted by atomic mass is 35.5. The van der Waals surface area contributed by atoms with Crippen molar-refractivity contribution in [3.05, 3.63) is 52.1 Å². The number of hydrogen-bond donors (Lipinski definition) is 1. The van der Waals surface area contributed by atoms with Crippen molar-refractivity contribution in [1.29, 1.82) is 0 Å². The third-order valence-corrected chi connectivity index (χ3v) is 7.48. The Labute approximate surface area is 200 Å². The molecule has 0 bridgehead atoms. The van der Waals surface area contributed by atoms with Crippen molar-refractivity contribution in [2.75, 3.05) is 37.6 Å². The third-order valence-electron chi connectivity index (χ3n) is 7.08. The molecule has 33 heavy (non-hydrogen) atoms. The summed E-state index contributed by atoms with van der Waals surface area (Å²) in [5.41, 5.74) is 3.92. The summed E-state index contributed by atoms with van der Waals surface area (Å²) in [6, 6.07) is 5.52. The van der Waals surface area contributed by atoms with Crippen LogP contribution in [0.5, 0.6) is 0 Å². The number of rotatable bonds is 7. The van der Waals surface area contributed by atoms with E-state index in [9.17, 15) is 9.59 Å². The minimum absolute atomic E-state index is 0.0160. The number of carbonyl (C=O) groups excluding carboxylic acids is 2. The number of nitrogens with zero attached hydrogens (tertiary/aromatic N) is 4. The van der Waals surface area contributed by atoms with E-state index >= 15 is 0 Å². The molecule has 7 nitrogen and oxygen atoms in total.